The van der Waals surface area contributed by atoms with Gasteiger partial charge < -0.3 is 14.8 Å². The highest BCUT2D eigenvalue weighted by Gasteiger charge is 2.26. The van der Waals surface area contributed by atoms with Crippen molar-refractivity contribution in [2.75, 3.05) is 23.4 Å². The van der Waals surface area contributed by atoms with Crippen LogP contribution in [0.25, 0.3) is 0 Å². The zero-order valence-electron chi connectivity index (χ0n) is 16.5. The lowest BCUT2D eigenvalue weighted by Crippen LogP contribution is -2.25. The molecule has 3 aromatic rings. The molecular formula is C22H16ClN3O6. The van der Waals surface area contributed by atoms with Gasteiger partial charge in [0.2, 0.25) is 5.75 Å². The Balaban J connectivity index is 1.49. The number of anilines is 2. The van der Waals surface area contributed by atoms with Crippen LogP contribution >= 0.6 is 11.6 Å². The lowest BCUT2D eigenvalue weighted by molar-refractivity contribution is -0.385. The number of nitrogens with one attached hydrogen (secondary N) is 1. The lowest BCUT2D eigenvalue weighted by atomic mass is 10.2. The summed E-state index contributed by atoms with van der Waals surface area (Å²) >= 11 is 5.81. The molecule has 1 aliphatic heterocycles. The van der Waals surface area contributed by atoms with Crippen LogP contribution in [-0.2, 0) is 4.74 Å². The van der Waals surface area contributed by atoms with E-state index < -0.39 is 16.9 Å². The second kappa shape index (κ2) is 8.94. The molecule has 0 unspecified atom stereocenters. The molecule has 4 rings (SSSR count). The van der Waals surface area contributed by atoms with Crippen LogP contribution in [0.3, 0.4) is 0 Å². The van der Waals surface area contributed by atoms with Crippen LogP contribution in [0.5, 0.6) is 11.5 Å². The summed E-state index contributed by atoms with van der Waals surface area (Å²) < 4.78 is 10.6. The Kier molecular flexibility index (Phi) is 5.91. The molecule has 0 aliphatic carbocycles. The first-order valence-corrected chi connectivity index (χ1v) is 9.87. The minimum atomic E-state index is -0.587. The van der Waals surface area contributed by atoms with Gasteiger partial charge in [0, 0.05) is 16.7 Å². The Hall–Kier alpha value is -4.11. The molecule has 1 saturated heterocycles. The summed E-state index contributed by atoms with van der Waals surface area (Å²) in [6.45, 7) is 0.683. The van der Waals surface area contributed by atoms with Crippen LogP contribution in [0.15, 0.2) is 66.7 Å². The van der Waals surface area contributed by atoms with Gasteiger partial charge in [-0.1, -0.05) is 23.7 Å². The van der Waals surface area contributed by atoms with E-state index in [0.29, 0.717) is 29.2 Å². The number of amides is 2. The predicted octanol–water partition coefficient (Wildman–Crippen LogP) is 5.25. The third kappa shape index (κ3) is 4.47. The minimum Gasteiger partial charge on any atom is -0.450 e. The van der Waals surface area contributed by atoms with Crippen LogP contribution in [-0.4, -0.2) is 30.1 Å². The maximum Gasteiger partial charge on any atom is 0.414 e. The molecule has 0 saturated carbocycles. The van der Waals surface area contributed by atoms with Gasteiger partial charge in [-0.15, -0.1) is 0 Å². The second-order valence-corrected chi connectivity index (χ2v) is 7.17. The molecule has 0 radical (unpaired) electrons. The molecule has 1 heterocycles. The molecule has 0 bridgehead atoms. The van der Waals surface area contributed by atoms with Crippen molar-refractivity contribution in [3.05, 3.63) is 87.4 Å². The third-order valence-corrected chi connectivity index (χ3v) is 4.90. The van der Waals surface area contributed by atoms with E-state index in [4.69, 9.17) is 21.1 Å². The molecule has 32 heavy (non-hydrogen) atoms. The van der Waals surface area contributed by atoms with E-state index in [-0.39, 0.29) is 23.1 Å². The number of benzene rings is 3. The number of ether oxygens (including phenoxy) is 2. The van der Waals surface area contributed by atoms with Crippen LogP contribution in [0.4, 0.5) is 21.9 Å². The van der Waals surface area contributed by atoms with E-state index in [0.717, 1.165) is 0 Å². The van der Waals surface area contributed by atoms with E-state index in [1.54, 1.807) is 24.3 Å². The van der Waals surface area contributed by atoms with Crippen LogP contribution in [0, 0.1) is 10.1 Å². The Bertz CT molecular complexity index is 1200. The Morgan fingerprint density at radius 1 is 1.12 bits per heavy atom. The van der Waals surface area contributed by atoms with Gasteiger partial charge >= 0.3 is 11.8 Å². The Morgan fingerprint density at radius 3 is 2.56 bits per heavy atom. The van der Waals surface area contributed by atoms with E-state index in [9.17, 15) is 19.7 Å². The van der Waals surface area contributed by atoms with Gasteiger partial charge in [-0.05, 0) is 48.5 Å². The number of nitrogens with zero attached hydrogens (tertiary/aromatic N) is 2. The van der Waals surface area contributed by atoms with Gasteiger partial charge in [-0.25, -0.2) is 4.79 Å². The average molecular weight is 454 g/mol. The summed E-state index contributed by atoms with van der Waals surface area (Å²) in [7, 11) is 0. The molecule has 10 heteroatoms. The van der Waals surface area contributed by atoms with Gasteiger partial charge in [0.1, 0.15) is 12.4 Å². The Morgan fingerprint density at radius 2 is 1.88 bits per heavy atom. The topological polar surface area (TPSA) is 111 Å². The number of para-hydroxylation sites is 2. The van der Waals surface area contributed by atoms with Crippen LogP contribution in [0.1, 0.15) is 10.4 Å². The summed E-state index contributed by atoms with van der Waals surface area (Å²) in [4.78, 5) is 36.7. The molecule has 3 aromatic carbocycles. The first-order chi connectivity index (χ1) is 15.4. The first kappa shape index (κ1) is 21.1. The van der Waals surface area contributed by atoms with Crippen molar-refractivity contribution in [1.29, 1.82) is 0 Å². The largest absolute Gasteiger partial charge is 0.450 e. The smallest absolute Gasteiger partial charge is 0.414 e. The molecule has 1 aliphatic rings. The number of hydrogen-bond acceptors (Lipinski definition) is 6. The fourth-order valence-electron chi connectivity index (χ4n) is 3.14. The van der Waals surface area contributed by atoms with E-state index in [2.05, 4.69) is 5.32 Å². The number of halogens is 1. The number of carbonyl (C=O) groups excluding carboxylic acids is 2. The molecule has 0 atom stereocenters. The van der Waals surface area contributed by atoms with Gasteiger partial charge in [0.25, 0.3) is 5.91 Å². The van der Waals surface area contributed by atoms with Gasteiger partial charge in [-0.2, -0.15) is 0 Å². The van der Waals surface area contributed by atoms with E-state index in [1.165, 1.54) is 47.4 Å². The van der Waals surface area contributed by atoms with Crippen molar-refractivity contribution in [3.8, 4) is 11.5 Å². The molecule has 0 spiro atoms. The fourth-order valence-corrected chi connectivity index (χ4v) is 3.31. The van der Waals surface area contributed by atoms with Crippen molar-refractivity contribution >= 4 is 40.7 Å². The molecular weight excluding hydrogens is 438 g/mol. The number of cyclic esters (lactones) is 1. The highest BCUT2D eigenvalue weighted by Crippen LogP contribution is 2.34. The number of nitro groups is 1. The summed E-state index contributed by atoms with van der Waals surface area (Å²) in [5, 5.41) is 14.2. The normalized spacial score (nSPS) is 12.9. The third-order valence-electron chi connectivity index (χ3n) is 4.67. The summed E-state index contributed by atoms with van der Waals surface area (Å²) in [5.74, 6) is -0.0516. The van der Waals surface area contributed by atoms with Gasteiger partial charge in [-0.3, -0.25) is 19.8 Å². The SMILES string of the molecule is O=C(Nc1ccccc1N1CCOC1=O)c1ccc(Oc2ccc(Cl)cc2[N+](=O)[O-])cc1. The van der Waals surface area contributed by atoms with Crippen LogP contribution in [0.2, 0.25) is 5.02 Å². The molecule has 1 N–H and O–H groups in total. The monoisotopic (exact) mass is 453 g/mol. The highest BCUT2D eigenvalue weighted by atomic mass is 35.5. The first-order valence-electron chi connectivity index (χ1n) is 9.49. The lowest BCUT2D eigenvalue weighted by Gasteiger charge is -2.17. The minimum absolute atomic E-state index is 0.0306. The Labute approximate surface area is 187 Å². The maximum atomic E-state index is 12.7. The van der Waals surface area contributed by atoms with E-state index >= 15 is 0 Å². The fraction of sp³-hybridized carbons (Fsp3) is 0.0909. The molecule has 9 nitrogen and oxygen atoms in total. The van der Waals surface area contributed by atoms with Crippen molar-refractivity contribution in [2.45, 2.75) is 0 Å². The van der Waals surface area contributed by atoms with Gasteiger partial charge in [0.15, 0.2) is 0 Å². The second-order valence-electron chi connectivity index (χ2n) is 6.73. The standard InChI is InChI=1S/C22H16ClN3O6/c23-15-7-10-20(19(13-15)26(29)30)32-16-8-5-14(6-9-16)21(27)24-17-3-1-2-4-18(17)25-11-12-31-22(25)28/h1-10,13H,11-12H2,(H,24,27). The highest BCUT2D eigenvalue weighted by molar-refractivity contribution is 6.30. The van der Waals surface area contributed by atoms with Crippen molar-refractivity contribution in [2.24, 2.45) is 0 Å². The van der Waals surface area contributed by atoms with Gasteiger partial charge in [0.05, 0.1) is 22.8 Å². The molecule has 162 valence electrons. The van der Waals surface area contributed by atoms with Crippen molar-refractivity contribution in [1.82, 2.24) is 0 Å². The number of nitro benzene ring substituents is 1. The zero-order chi connectivity index (χ0) is 22.7. The molecule has 2 amide bonds. The summed E-state index contributed by atoms with van der Waals surface area (Å²) in [6, 6.07) is 17.1. The van der Waals surface area contributed by atoms with E-state index in [1.807, 2.05) is 0 Å². The summed E-state index contributed by atoms with van der Waals surface area (Å²) in [6.07, 6.45) is -0.468. The predicted molar refractivity (Wildman–Crippen MR) is 118 cm³/mol. The maximum absolute atomic E-state index is 12.7. The van der Waals surface area contributed by atoms with Crippen molar-refractivity contribution < 1.29 is 24.0 Å². The summed E-state index contributed by atoms with van der Waals surface area (Å²) in [5.41, 5.74) is 1.07. The zero-order valence-corrected chi connectivity index (χ0v) is 17.2. The number of hydrogen-bond donors (Lipinski definition) is 1. The quantitative estimate of drug-likeness (QED) is 0.403. The molecule has 0 aromatic heterocycles. The number of rotatable bonds is 6. The average Bonchev–Trinajstić information content (AvgIpc) is 3.21. The number of carbonyl (C=O) groups is 2. The van der Waals surface area contributed by atoms with Crippen molar-refractivity contribution in [3.63, 3.8) is 0 Å². The molecule has 1 fully saturated rings. The van der Waals surface area contributed by atoms with Crippen LogP contribution < -0.4 is 15.0 Å².